The van der Waals surface area contributed by atoms with Crippen LogP contribution in [0, 0.1) is 6.92 Å². The minimum absolute atomic E-state index is 0.548. The molecule has 0 aliphatic heterocycles. The Morgan fingerprint density at radius 3 is 2.44 bits per heavy atom. The molecule has 3 nitrogen and oxygen atoms in total. The number of fused-ring (bicyclic) bond motifs is 2. The van der Waals surface area contributed by atoms with Gasteiger partial charge in [-0.15, -0.1) is 0 Å². The predicted molar refractivity (Wildman–Crippen MR) is 111 cm³/mol. The molecule has 27 heavy (non-hydrogen) atoms. The van der Waals surface area contributed by atoms with Crippen LogP contribution < -0.4 is 5.32 Å². The number of hydrogen-bond donors (Lipinski definition) is 2. The Morgan fingerprint density at radius 1 is 0.963 bits per heavy atom. The summed E-state index contributed by atoms with van der Waals surface area (Å²) in [4.78, 5) is 7.63. The lowest BCUT2D eigenvalue weighted by molar-refractivity contribution is 0.533. The highest BCUT2D eigenvalue weighted by Crippen LogP contribution is 2.28. The molecule has 0 atom stereocenters. The number of aromatic nitrogens is 2. The van der Waals surface area contributed by atoms with Crippen LogP contribution in [0.5, 0.6) is 0 Å². The van der Waals surface area contributed by atoms with Gasteiger partial charge in [-0.25, -0.2) is 4.98 Å². The van der Waals surface area contributed by atoms with Gasteiger partial charge in [-0.2, -0.15) is 0 Å². The third kappa shape index (κ3) is 3.04. The summed E-state index contributed by atoms with van der Waals surface area (Å²) >= 11 is 0. The first-order valence-corrected chi connectivity index (χ1v) is 9.60. The van der Waals surface area contributed by atoms with Gasteiger partial charge in [0.15, 0.2) is 0 Å². The van der Waals surface area contributed by atoms with Crippen LogP contribution in [0.25, 0.3) is 22.2 Å². The second-order valence-electron chi connectivity index (χ2n) is 7.49. The highest BCUT2D eigenvalue weighted by molar-refractivity contribution is 5.86. The van der Waals surface area contributed by atoms with Gasteiger partial charge in [0.2, 0.25) is 0 Å². The minimum atomic E-state index is 0.548. The number of H-pyrrole nitrogens is 1. The van der Waals surface area contributed by atoms with Crippen molar-refractivity contribution in [1.82, 2.24) is 15.3 Å². The Morgan fingerprint density at radius 2 is 1.70 bits per heavy atom. The predicted octanol–water partition coefficient (Wildman–Crippen LogP) is 4.80. The van der Waals surface area contributed by atoms with Crippen molar-refractivity contribution < 1.29 is 0 Å². The lowest BCUT2D eigenvalue weighted by Crippen LogP contribution is -2.28. The van der Waals surface area contributed by atoms with Crippen molar-refractivity contribution in [2.24, 2.45) is 0 Å². The van der Waals surface area contributed by atoms with E-state index in [0.29, 0.717) is 6.04 Å². The Labute approximate surface area is 159 Å². The molecule has 134 valence electrons. The number of hydrogen-bond acceptors (Lipinski definition) is 2. The van der Waals surface area contributed by atoms with Gasteiger partial charge in [0.1, 0.15) is 0 Å². The van der Waals surface area contributed by atoms with Crippen molar-refractivity contribution >= 4 is 11.0 Å². The Balaban J connectivity index is 1.28. The molecule has 0 fully saturated rings. The van der Waals surface area contributed by atoms with E-state index in [9.17, 15) is 0 Å². The zero-order valence-corrected chi connectivity index (χ0v) is 15.5. The number of aromatic amines is 1. The number of nitrogens with one attached hydrogen (secondary N) is 2. The van der Waals surface area contributed by atoms with E-state index in [4.69, 9.17) is 0 Å². The second kappa shape index (κ2) is 6.67. The fourth-order valence-corrected chi connectivity index (χ4v) is 4.23. The van der Waals surface area contributed by atoms with Crippen LogP contribution in [-0.4, -0.2) is 16.0 Å². The minimum Gasteiger partial charge on any atom is -0.345 e. The van der Waals surface area contributed by atoms with E-state index in [1.54, 1.807) is 6.33 Å². The molecule has 0 saturated heterocycles. The number of benzene rings is 3. The van der Waals surface area contributed by atoms with Crippen LogP contribution in [0.2, 0.25) is 0 Å². The van der Waals surface area contributed by atoms with E-state index >= 15 is 0 Å². The third-order valence-corrected chi connectivity index (χ3v) is 5.76. The summed E-state index contributed by atoms with van der Waals surface area (Å²) < 4.78 is 0. The van der Waals surface area contributed by atoms with E-state index in [2.05, 4.69) is 82.9 Å². The van der Waals surface area contributed by atoms with Crippen LogP contribution in [0.1, 0.15) is 22.3 Å². The monoisotopic (exact) mass is 353 g/mol. The molecule has 5 rings (SSSR count). The summed E-state index contributed by atoms with van der Waals surface area (Å²) in [6.07, 6.45) is 4.03. The molecule has 1 aliphatic rings. The summed E-state index contributed by atoms with van der Waals surface area (Å²) in [5, 5.41) is 3.72. The molecular formula is C24H23N3. The van der Waals surface area contributed by atoms with Gasteiger partial charge in [-0.05, 0) is 59.2 Å². The lowest BCUT2D eigenvalue weighted by Gasteiger charge is -2.13. The fourth-order valence-electron chi connectivity index (χ4n) is 4.23. The maximum Gasteiger partial charge on any atom is 0.0931 e. The van der Waals surface area contributed by atoms with Gasteiger partial charge in [0.05, 0.1) is 17.4 Å². The molecule has 0 bridgehead atoms. The highest BCUT2D eigenvalue weighted by Gasteiger charge is 2.20. The van der Waals surface area contributed by atoms with E-state index in [0.717, 1.165) is 30.4 Å². The number of aryl methyl sites for hydroxylation is 1. The molecule has 3 aromatic carbocycles. The van der Waals surface area contributed by atoms with Crippen LogP contribution in [0.4, 0.5) is 0 Å². The molecule has 4 aromatic rings. The number of rotatable bonds is 4. The van der Waals surface area contributed by atoms with Crippen molar-refractivity contribution in [2.45, 2.75) is 32.4 Å². The second-order valence-corrected chi connectivity index (χ2v) is 7.49. The van der Waals surface area contributed by atoms with E-state index in [1.165, 1.54) is 33.4 Å². The SMILES string of the molecule is Cc1c(-c2ccc(CNC3Cc4ccccc4C3)cc2)ccc2[nH]cnc12. The normalized spacial score (nSPS) is 14.0. The topological polar surface area (TPSA) is 40.7 Å². The Bertz CT molecular complexity index is 1070. The first-order valence-electron chi connectivity index (χ1n) is 9.60. The van der Waals surface area contributed by atoms with E-state index in [1.807, 2.05) is 0 Å². The highest BCUT2D eigenvalue weighted by atomic mass is 14.9. The molecule has 0 spiro atoms. The maximum atomic E-state index is 4.45. The summed E-state index contributed by atoms with van der Waals surface area (Å²) in [5.41, 5.74) is 10.2. The van der Waals surface area contributed by atoms with Crippen LogP contribution in [0.15, 0.2) is 67.0 Å². The molecule has 2 N–H and O–H groups in total. The lowest BCUT2D eigenvalue weighted by atomic mass is 9.98. The van der Waals surface area contributed by atoms with Crippen LogP contribution in [-0.2, 0) is 19.4 Å². The molecule has 1 aliphatic carbocycles. The van der Waals surface area contributed by atoms with Crippen molar-refractivity contribution in [3.8, 4) is 11.1 Å². The van der Waals surface area contributed by atoms with Crippen molar-refractivity contribution in [1.29, 1.82) is 0 Å². The zero-order valence-electron chi connectivity index (χ0n) is 15.5. The average Bonchev–Trinajstić information content (AvgIpc) is 3.34. The molecule has 1 aromatic heterocycles. The zero-order chi connectivity index (χ0) is 18.2. The molecule has 0 saturated carbocycles. The fraction of sp³-hybridized carbons (Fsp3) is 0.208. The number of nitrogens with zero attached hydrogens (tertiary/aromatic N) is 1. The molecule has 0 unspecified atom stereocenters. The van der Waals surface area contributed by atoms with Gasteiger partial charge < -0.3 is 10.3 Å². The van der Waals surface area contributed by atoms with Gasteiger partial charge in [0.25, 0.3) is 0 Å². The third-order valence-electron chi connectivity index (χ3n) is 5.76. The molecule has 0 amide bonds. The Hall–Kier alpha value is -2.91. The van der Waals surface area contributed by atoms with E-state index < -0.39 is 0 Å². The molecule has 1 heterocycles. The summed E-state index contributed by atoms with van der Waals surface area (Å²) in [6, 6.07) is 22.5. The van der Waals surface area contributed by atoms with E-state index in [-0.39, 0.29) is 0 Å². The van der Waals surface area contributed by atoms with Gasteiger partial charge in [0, 0.05) is 12.6 Å². The summed E-state index contributed by atoms with van der Waals surface area (Å²) in [5.74, 6) is 0. The van der Waals surface area contributed by atoms with Gasteiger partial charge in [-0.1, -0.05) is 54.6 Å². The summed E-state index contributed by atoms with van der Waals surface area (Å²) in [6.45, 7) is 3.06. The quantitative estimate of drug-likeness (QED) is 0.553. The van der Waals surface area contributed by atoms with Crippen LogP contribution in [0.3, 0.4) is 0 Å². The largest absolute Gasteiger partial charge is 0.345 e. The summed E-state index contributed by atoms with van der Waals surface area (Å²) in [7, 11) is 0. The smallest absolute Gasteiger partial charge is 0.0931 e. The molecule has 3 heteroatoms. The maximum absolute atomic E-state index is 4.45. The molecular weight excluding hydrogens is 330 g/mol. The van der Waals surface area contributed by atoms with Crippen molar-refractivity contribution in [3.05, 3.63) is 89.2 Å². The van der Waals surface area contributed by atoms with Gasteiger partial charge >= 0.3 is 0 Å². The van der Waals surface area contributed by atoms with Gasteiger partial charge in [-0.3, -0.25) is 0 Å². The first-order chi connectivity index (χ1) is 13.3. The van der Waals surface area contributed by atoms with Crippen LogP contribution >= 0.6 is 0 Å². The number of imidazole rings is 1. The first kappa shape index (κ1) is 16.3. The van der Waals surface area contributed by atoms with Crippen molar-refractivity contribution in [3.63, 3.8) is 0 Å². The Kier molecular flexibility index (Phi) is 4.02. The average molecular weight is 353 g/mol. The molecule has 0 radical (unpaired) electrons. The standard InChI is InChI=1S/C24H23N3/c1-16-22(10-11-23-24(16)27-15-26-23)18-8-6-17(7-9-18)14-25-21-12-19-4-2-3-5-20(19)13-21/h2-11,15,21,25H,12-14H2,1H3,(H,26,27). The van der Waals surface area contributed by atoms with Crippen molar-refractivity contribution in [2.75, 3.05) is 0 Å².